The van der Waals surface area contributed by atoms with E-state index in [1.807, 2.05) is 0 Å². The van der Waals surface area contributed by atoms with Crippen molar-refractivity contribution in [1.29, 1.82) is 0 Å². The summed E-state index contributed by atoms with van der Waals surface area (Å²) in [6.45, 7) is 4.28. The summed E-state index contributed by atoms with van der Waals surface area (Å²) in [4.78, 5) is 21.8. The van der Waals surface area contributed by atoms with Crippen LogP contribution in [0.25, 0.3) is 0 Å². The lowest BCUT2D eigenvalue weighted by molar-refractivity contribution is -0.144. The lowest BCUT2D eigenvalue weighted by Crippen LogP contribution is -2.17. The lowest BCUT2D eigenvalue weighted by atomic mass is 10.0. The van der Waals surface area contributed by atoms with Gasteiger partial charge in [-0.05, 0) is 19.3 Å². The predicted molar refractivity (Wildman–Crippen MR) is 79.6 cm³/mol. The molecule has 0 bridgehead atoms. The quantitative estimate of drug-likeness (QED) is 0.333. The van der Waals surface area contributed by atoms with Gasteiger partial charge in [-0.1, -0.05) is 52.4 Å². The van der Waals surface area contributed by atoms with E-state index in [-0.39, 0.29) is 6.10 Å². The summed E-state index contributed by atoms with van der Waals surface area (Å²) in [5, 5.41) is 8.47. The molecule has 0 saturated heterocycles. The molecule has 0 aromatic rings. The first kappa shape index (κ1) is 18.7. The Bertz CT molecular complexity index is 297. The zero-order valence-corrected chi connectivity index (χ0v) is 12.8. The molecule has 4 nitrogen and oxygen atoms in total. The molecule has 0 saturated carbocycles. The Morgan fingerprint density at radius 3 is 2.15 bits per heavy atom. The molecule has 116 valence electrons. The fourth-order valence-electron chi connectivity index (χ4n) is 2.01. The van der Waals surface area contributed by atoms with Crippen molar-refractivity contribution in [2.24, 2.45) is 0 Å². The van der Waals surface area contributed by atoms with Crippen molar-refractivity contribution in [2.45, 2.75) is 77.7 Å². The van der Waals surface area contributed by atoms with Gasteiger partial charge < -0.3 is 9.84 Å². The van der Waals surface area contributed by atoms with Crippen molar-refractivity contribution in [3.05, 3.63) is 12.2 Å². The van der Waals surface area contributed by atoms with Crippen LogP contribution in [0.5, 0.6) is 0 Å². The number of ether oxygens (including phenoxy) is 1. The minimum Gasteiger partial charge on any atom is -0.478 e. The number of carboxylic acid groups (broad SMARTS) is 1. The fraction of sp³-hybridized carbons (Fsp3) is 0.750. The Morgan fingerprint density at radius 1 is 0.950 bits per heavy atom. The highest BCUT2D eigenvalue weighted by molar-refractivity contribution is 5.90. The van der Waals surface area contributed by atoms with Crippen LogP contribution < -0.4 is 0 Å². The summed E-state index contributed by atoms with van der Waals surface area (Å²) in [5.74, 6) is -1.69. The van der Waals surface area contributed by atoms with Gasteiger partial charge in [0.25, 0.3) is 0 Å². The predicted octanol–water partition coefficient (Wildman–Crippen LogP) is 4.09. The average molecular weight is 284 g/mol. The van der Waals surface area contributed by atoms with E-state index >= 15 is 0 Å². The van der Waals surface area contributed by atoms with Crippen LogP contribution in [0.15, 0.2) is 12.2 Å². The molecule has 0 spiro atoms. The normalized spacial score (nSPS) is 12.5. The Balaban J connectivity index is 4.06. The number of hydrogen-bond donors (Lipinski definition) is 1. The molecule has 4 heteroatoms. The topological polar surface area (TPSA) is 63.6 Å². The third-order valence-electron chi connectivity index (χ3n) is 3.15. The number of carbonyl (C=O) groups excluding carboxylic acids is 1. The van der Waals surface area contributed by atoms with Gasteiger partial charge in [0.2, 0.25) is 0 Å². The number of carboxylic acids is 1. The fourth-order valence-corrected chi connectivity index (χ4v) is 2.01. The van der Waals surface area contributed by atoms with Crippen LogP contribution in [0.4, 0.5) is 0 Å². The Morgan fingerprint density at radius 2 is 1.55 bits per heavy atom. The molecule has 0 radical (unpaired) electrons. The molecule has 1 N–H and O–H groups in total. The highest BCUT2D eigenvalue weighted by Gasteiger charge is 2.12. The van der Waals surface area contributed by atoms with Crippen LogP contribution in [0.2, 0.25) is 0 Å². The van der Waals surface area contributed by atoms with E-state index in [1.165, 1.54) is 25.7 Å². The van der Waals surface area contributed by atoms with Crippen LogP contribution >= 0.6 is 0 Å². The van der Waals surface area contributed by atoms with Crippen molar-refractivity contribution in [2.75, 3.05) is 0 Å². The highest BCUT2D eigenvalue weighted by atomic mass is 16.5. The van der Waals surface area contributed by atoms with Crippen molar-refractivity contribution < 1.29 is 19.4 Å². The van der Waals surface area contributed by atoms with Gasteiger partial charge in [0, 0.05) is 12.2 Å². The van der Waals surface area contributed by atoms with Crippen LogP contribution in [0, 0.1) is 0 Å². The molecule has 1 unspecified atom stereocenters. The largest absolute Gasteiger partial charge is 0.478 e. The molecule has 0 heterocycles. The SMILES string of the molecule is CCCCCCCC(CCCC)OC(=O)/C=C/C(=O)O. The second kappa shape index (κ2) is 12.7. The summed E-state index contributed by atoms with van der Waals surface area (Å²) < 4.78 is 5.32. The van der Waals surface area contributed by atoms with Gasteiger partial charge in [-0.2, -0.15) is 0 Å². The molecule has 0 amide bonds. The molecule has 0 aliphatic carbocycles. The number of aliphatic carboxylic acids is 1. The maximum Gasteiger partial charge on any atom is 0.331 e. The van der Waals surface area contributed by atoms with E-state index in [0.29, 0.717) is 0 Å². The minimum atomic E-state index is -1.13. The van der Waals surface area contributed by atoms with E-state index in [2.05, 4.69) is 13.8 Å². The van der Waals surface area contributed by atoms with Crippen LogP contribution in [-0.4, -0.2) is 23.1 Å². The van der Waals surface area contributed by atoms with Crippen molar-refractivity contribution >= 4 is 11.9 Å². The van der Waals surface area contributed by atoms with Gasteiger partial charge >= 0.3 is 11.9 Å². The van der Waals surface area contributed by atoms with E-state index in [1.54, 1.807) is 0 Å². The molecule has 1 atom stereocenters. The summed E-state index contributed by atoms with van der Waals surface area (Å²) >= 11 is 0. The minimum absolute atomic E-state index is 0.0810. The highest BCUT2D eigenvalue weighted by Crippen LogP contribution is 2.15. The van der Waals surface area contributed by atoms with E-state index in [0.717, 1.165) is 44.3 Å². The molecular formula is C16H28O4. The monoisotopic (exact) mass is 284 g/mol. The molecule has 0 aromatic carbocycles. The number of rotatable bonds is 12. The average Bonchev–Trinajstić information content (AvgIpc) is 2.42. The number of hydrogen-bond acceptors (Lipinski definition) is 3. The second-order valence-electron chi connectivity index (χ2n) is 5.08. The van der Waals surface area contributed by atoms with Gasteiger partial charge in [0.1, 0.15) is 6.10 Å². The summed E-state index contributed by atoms with van der Waals surface area (Å²) in [7, 11) is 0. The van der Waals surface area contributed by atoms with Gasteiger partial charge in [0.05, 0.1) is 0 Å². The summed E-state index contributed by atoms with van der Waals surface area (Å²) in [5.41, 5.74) is 0. The molecular weight excluding hydrogens is 256 g/mol. The van der Waals surface area contributed by atoms with Crippen LogP contribution in [0.3, 0.4) is 0 Å². The number of unbranched alkanes of at least 4 members (excludes halogenated alkanes) is 5. The van der Waals surface area contributed by atoms with Gasteiger partial charge in [-0.3, -0.25) is 0 Å². The van der Waals surface area contributed by atoms with Gasteiger partial charge in [-0.15, -0.1) is 0 Å². The van der Waals surface area contributed by atoms with Gasteiger partial charge in [-0.25, -0.2) is 9.59 Å². The zero-order valence-electron chi connectivity index (χ0n) is 12.8. The number of carbonyl (C=O) groups is 2. The Kier molecular flexibility index (Phi) is 11.9. The molecule has 0 fully saturated rings. The Labute approximate surface area is 122 Å². The van der Waals surface area contributed by atoms with E-state index in [4.69, 9.17) is 9.84 Å². The second-order valence-corrected chi connectivity index (χ2v) is 5.08. The molecule has 20 heavy (non-hydrogen) atoms. The summed E-state index contributed by atoms with van der Waals surface area (Å²) in [6.07, 6.45) is 11.5. The van der Waals surface area contributed by atoms with Gasteiger partial charge in [0.15, 0.2) is 0 Å². The maximum atomic E-state index is 11.5. The Hall–Kier alpha value is -1.32. The molecule has 0 aliphatic heterocycles. The van der Waals surface area contributed by atoms with E-state index in [9.17, 15) is 9.59 Å². The van der Waals surface area contributed by atoms with Crippen LogP contribution in [0.1, 0.15) is 71.6 Å². The van der Waals surface area contributed by atoms with Crippen molar-refractivity contribution in [1.82, 2.24) is 0 Å². The zero-order chi connectivity index (χ0) is 15.2. The lowest BCUT2D eigenvalue weighted by Gasteiger charge is -2.16. The standard InChI is InChI=1S/C16H28O4/c1-3-5-7-8-9-11-14(10-6-4-2)20-16(19)13-12-15(17)18/h12-14H,3-11H2,1-2H3,(H,17,18)/b13-12+. The first-order valence-electron chi connectivity index (χ1n) is 7.71. The molecule has 0 aliphatic rings. The third kappa shape index (κ3) is 11.8. The maximum absolute atomic E-state index is 11.5. The van der Waals surface area contributed by atoms with Crippen LogP contribution in [-0.2, 0) is 14.3 Å². The van der Waals surface area contributed by atoms with Crippen molar-refractivity contribution in [3.63, 3.8) is 0 Å². The summed E-state index contributed by atoms with van der Waals surface area (Å²) in [6, 6.07) is 0. The first-order chi connectivity index (χ1) is 9.60. The molecule has 0 rings (SSSR count). The number of esters is 1. The van der Waals surface area contributed by atoms with E-state index < -0.39 is 11.9 Å². The molecule has 0 aromatic heterocycles. The third-order valence-corrected chi connectivity index (χ3v) is 3.15. The van der Waals surface area contributed by atoms with Crippen molar-refractivity contribution in [3.8, 4) is 0 Å². The smallest absolute Gasteiger partial charge is 0.331 e. The first-order valence-corrected chi connectivity index (χ1v) is 7.71.